The van der Waals surface area contributed by atoms with Crippen LogP contribution in [0, 0.1) is 18.3 Å². The molecule has 4 nitrogen and oxygen atoms in total. The number of carbonyl (C=O) groups is 1. The first-order valence-electron chi connectivity index (χ1n) is 3.84. The molecule has 0 saturated heterocycles. The second-order valence-electron chi connectivity index (χ2n) is 2.88. The highest BCUT2D eigenvalue weighted by Crippen LogP contribution is 2.23. The van der Waals surface area contributed by atoms with Crippen molar-refractivity contribution in [2.24, 2.45) is 0 Å². The lowest BCUT2D eigenvalue weighted by Crippen LogP contribution is -1.99. The van der Waals surface area contributed by atoms with E-state index in [0.29, 0.717) is 11.8 Å². The predicted octanol–water partition coefficient (Wildman–Crippen LogP) is 1.61. The van der Waals surface area contributed by atoms with Crippen molar-refractivity contribution >= 4 is 26.0 Å². The van der Waals surface area contributed by atoms with Crippen molar-refractivity contribution < 1.29 is 13.2 Å². The Morgan fingerprint density at radius 2 is 2.07 bits per heavy atom. The maximum absolute atomic E-state index is 11.1. The van der Waals surface area contributed by atoms with Crippen LogP contribution in [0.25, 0.3) is 0 Å². The highest BCUT2D eigenvalue weighted by molar-refractivity contribution is 8.13. The number of aldehydes is 1. The monoisotopic (exact) mass is 243 g/mol. The zero-order valence-electron chi connectivity index (χ0n) is 7.69. The molecule has 0 bridgehead atoms. The number of benzene rings is 1. The van der Waals surface area contributed by atoms with Gasteiger partial charge in [-0.3, -0.25) is 4.79 Å². The highest BCUT2D eigenvalue weighted by Gasteiger charge is 2.18. The molecule has 0 N–H and O–H groups in total. The molecule has 0 atom stereocenters. The number of nitrogens with zero attached hydrogens (tertiary/aromatic N) is 1. The van der Waals surface area contributed by atoms with E-state index in [4.69, 9.17) is 15.9 Å². The van der Waals surface area contributed by atoms with Gasteiger partial charge in [-0.2, -0.15) is 5.26 Å². The normalized spacial score (nSPS) is 10.7. The van der Waals surface area contributed by atoms with Gasteiger partial charge in [0.25, 0.3) is 9.05 Å². The third-order valence-corrected chi connectivity index (χ3v) is 3.18. The molecule has 0 aliphatic rings. The van der Waals surface area contributed by atoms with Crippen LogP contribution < -0.4 is 0 Å². The van der Waals surface area contributed by atoms with E-state index in [0.717, 1.165) is 6.07 Å². The average molecular weight is 244 g/mol. The maximum Gasteiger partial charge on any atom is 0.262 e. The molecule has 0 unspecified atom stereocenters. The van der Waals surface area contributed by atoms with Crippen molar-refractivity contribution in [3.05, 3.63) is 28.8 Å². The Kier molecular flexibility index (Phi) is 3.12. The van der Waals surface area contributed by atoms with Gasteiger partial charge in [0.05, 0.1) is 5.56 Å². The Balaban J connectivity index is 3.70. The summed E-state index contributed by atoms with van der Waals surface area (Å²) in [5, 5.41) is 8.76. The molecule has 0 amide bonds. The Morgan fingerprint density at radius 1 is 1.47 bits per heavy atom. The number of nitriles is 1. The summed E-state index contributed by atoms with van der Waals surface area (Å²) in [6.45, 7) is 1.54. The van der Waals surface area contributed by atoms with E-state index in [1.807, 2.05) is 0 Å². The SMILES string of the molecule is Cc1cc(C=O)cc(S(=O)(=O)Cl)c1C#N. The Morgan fingerprint density at radius 3 is 2.47 bits per heavy atom. The first-order valence-corrected chi connectivity index (χ1v) is 6.15. The summed E-state index contributed by atoms with van der Waals surface area (Å²) in [6.07, 6.45) is 0.500. The van der Waals surface area contributed by atoms with E-state index in [-0.39, 0.29) is 16.0 Å². The minimum atomic E-state index is -4.01. The van der Waals surface area contributed by atoms with Crippen LogP contribution in [0.3, 0.4) is 0 Å². The number of hydrogen-bond acceptors (Lipinski definition) is 4. The fourth-order valence-electron chi connectivity index (χ4n) is 1.19. The number of carbonyl (C=O) groups excluding carboxylic acids is 1. The summed E-state index contributed by atoms with van der Waals surface area (Å²) < 4.78 is 22.3. The van der Waals surface area contributed by atoms with Crippen LogP contribution in [0.1, 0.15) is 21.5 Å². The molecule has 0 aromatic heterocycles. The van der Waals surface area contributed by atoms with Gasteiger partial charge in [0, 0.05) is 16.2 Å². The lowest BCUT2D eigenvalue weighted by Gasteiger charge is -2.04. The summed E-state index contributed by atoms with van der Waals surface area (Å²) in [7, 11) is 1.14. The molecule has 78 valence electrons. The molecule has 0 spiro atoms. The minimum absolute atomic E-state index is 0.0319. The van der Waals surface area contributed by atoms with Gasteiger partial charge in [-0.15, -0.1) is 0 Å². The van der Waals surface area contributed by atoms with Gasteiger partial charge >= 0.3 is 0 Å². The standard InChI is InChI=1S/C9H6ClNO3S/c1-6-2-7(5-12)3-9(8(6)4-11)15(10,13)14/h2-3,5H,1H3. The molecule has 0 aliphatic carbocycles. The molecule has 6 heteroatoms. The summed E-state index contributed by atoms with van der Waals surface area (Å²) in [6, 6.07) is 4.25. The van der Waals surface area contributed by atoms with E-state index >= 15 is 0 Å². The van der Waals surface area contributed by atoms with E-state index in [9.17, 15) is 13.2 Å². The second kappa shape index (κ2) is 4.01. The Hall–Kier alpha value is -1.38. The quantitative estimate of drug-likeness (QED) is 0.584. The zero-order chi connectivity index (χ0) is 11.6. The molecule has 0 saturated carbocycles. The number of aryl methyl sites for hydroxylation is 1. The van der Waals surface area contributed by atoms with E-state index in [2.05, 4.69) is 0 Å². The number of rotatable bonds is 2. The molecule has 0 heterocycles. The maximum atomic E-state index is 11.1. The summed E-state index contributed by atoms with van der Waals surface area (Å²) >= 11 is 0. The van der Waals surface area contributed by atoms with Gasteiger partial charge < -0.3 is 0 Å². The third kappa shape index (κ3) is 2.35. The van der Waals surface area contributed by atoms with Crippen LogP contribution in [0.2, 0.25) is 0 Å². The van der Waals surface area contributed by atoms with Crippen molar-refractivity contribution in [3.8, 4) is 6.07 Å². The molecule has 1 rings (SSSR count). The van der Waals surface area contributed by atoms with Crippen LogP contribution in [-0.4, -0.2) is 14.7 Å². The molecular formula is C9H6ClNO3S. The second-order valence-corrected chi connectivity index (χ2v) is 5.41. The van der Waals surface area contributed by atoms with Crippen LogP contribution in [0.15, 0.2) is 17.0 Å². The third-order valence-electron chi connectivity index (χ3n) is 1.83. The molecule has 1 aromatic rings. The Bertz CT molecular complexity index is 557. The van der Waals surface area contributed by atoms with Gasteiger partial charge in [-0.05, 0) is 24.6 Å². The molecule has 0 radical (unpaired) electrons. The van der Waals surface area contributed by atoms with E-state index in [1.54, 1.807) is 6.07 Å². The Labute approximate surface area is 91.5 Å². The van der Waals surface area contributed by atoms with Crippen LogP contribution in [0.5, 0.6) is 0 Å². The lowest BCUT2D eigenvalue weighted by molar-refractivity contribution is 0.112. The van der Waals surface area contributed by atoms with Crippen molar-refractivity contribution in [2.45, 2.75) is 11.8 Å². The van der Waals surface area contributed by atoms with E-state index in [1.165, 1.54) is 13.0 Å². The van der Waals surface area contributed by atoms with Crippen molar-refractivity contribution in [2.75, 3.05) is 0 Å². The van der Waals surface area contributed by atoms with E-state index < -0.39 is 9.05 Å². The number of hydrogen-bond donors (Lipinski definition) is 0. The fourth-order valence-corrected chi connectivity index (χ4v) is 2.28. The van der Waals surface area contributed by atoms with Crippen molar-refractivity contribution in [3.63, 3.8) is 0 Å². The fraction of sp³-hybridized carbons (Fsp3) is 0.111. The van der Waals surface area contributed by atoms with Crippen molar-refractivity contribution in [1.29, 1.82) is 5.26 Å². The topological polar surface area (TPSA) is 75.0 Å². The lowest BCUT2D eigenvalue weighted by atomic mass is 10.1. The number of halogens is 1. The van der Waals surface area contributed by atoms with Gasteiger partial charge in [0.2, 0.25) is 0 Å². The minimum Gasteiger partial charge on any atom is -0.298 e. The molecule has 15 heavy (non-hydrogen) atoms. The first-order chi connectivity index (χ1) is 6.90. The summed E-state index contributed by atoms with van der Waals surface area (Å²) in [4.78, 5) is 10.2. The molecule has 1 aromatic carbocycles. The molecular weight excluding hydrogens is 238 g/mol. The van der Waals surface area contributed by atoms with Gasteiger partial charge in [-0.25, -0.2) is 8.42 Å². The largest absolute Gasteiger partial charge is 0.298 e. The van der Waals surface area contributed by atoms with Crippen molar-refractivity contribution in [1.82, 2.24) is 0 Å². The van der Waals surface area contributed by atoms with Gasteiger partial charge in [-0.1, -0.05) is 0 Å². The van der Waals surface area contributed by atoms with Crippen LogP contribution in [-0.2, 0) is 9.05 Å². The highest BCUT2D eigenvalue weighted by atomic mass is 35.7. The summed E-state index contributed by atoms with van der Waals surface area (Å²) in [5.41, 5.74) is 0.544. The molecule has 0 fully saturated rings. The zero-order valence-corrected chi connectivity index (χ0v) is 9.26. The first kappa shape index (κ1) is 11.7. The molecule has 0 aliphatic heterocycles. The smallest absolute Gasteiger partial charge is 0.262 e. The van der Waals surface area contributed by atoms with Crippen LogP contribution >= 0.6 is 10.7 Å². The van der Waals surface area contributed by atoms with Crippen LogP contribution in [0.4, 0.5) is 0 Å². The average Bonchev–Trinajstić information content (AvgIpc) is 2.15. The summed E-state index contributed by atoms with van der Waals surface area (Å²) in [5.74, 6) is 0. The van der Waals surface area contributed by atoms with Gasteiger partial charge in [0.15, 0.2) is 0 Å². The predicted molar refractivity (Wildman–Crippen MR) is 54.3 cm³/mol. The van der Waals surface area contributed by atoms with Gasteiger partial charge in [0.1, 0.15) is 17.3 Å².